The van der Waals surface area contributed by atoms with E-state index in [-0.39, 0.29) is 16.7 Å². The van der Waals surface area contributed by atoms with Crippen LogP contribution in [0.2, 0.25) is 0 Å². The molecule has 0 radical (unpaired) electrons. The summed E-state index contributed by atoms with van der Waals surface area (Å²) in [5.41, 5.74) is 3.50. The molecule has 2 aromatic rings. The van der Waals surface area contributed by atoms with Crippen molar-refractivity contribution in [3.05, 3.63) is 53.6 Å². The number of rotatable bonds is 5. The number of nitrogens with zero attached hydrogens (tertiary/aromatic N) is 2. The molecule has 0 unspecified atom stereocenters. The van der Waals surface area contributed by atoms with E-state index in [9.17, 15) is 13.2 Å². The molecule has 0 bridgehead atoms. The van der Waals surface area contributed by atoms with Gasteiger partial charge in [-0.1, -0.05) is 18.6 Å². The molecule has 28 heavy (non-hydrogen) atoms. The van der Waals surface area contributed by atoms with Crippen LogP contribution in [0.4, 0.5) is 11.4 Å². The van der Waals surface area contributed by atoms with Crippen molar-refractivity contribution in [2.45, 2.75) is 44.4 Å². The third-order valence-corrected chi connectivity index (χ3v) is 7.73. The summed E-state index contributed by atoms with van der Waals surface area (Å²) in [6.45, 7) is 4.79. The second-order valence-electron chi connectivity index (χ2n) is 7.67. The summed E-state index contributed by atoms with van der Waals surface area (Å²) in [5, 5.41) is 0. The fourth-order valence-electron chi connectivity index (χ4n) is 4.04. The van der Waals surface area contributed by atoms with E-state index in [1.54, 1.807) is 18.2 Å². The number of hydrogen-bond acceptors (Lipinski definition) is 3. The molecule has 0 spiro atoms. The van der Waals surface area contributed by atoms with Crippen molar-refractivity contribution >= 4 is 27.3 Å². The van der Waals surface area contributed by atoms with Gasteiger partial charge in [0.15, 0.2) is 0 Å². The summed E-state index contributed by atoms with van der Waals surface area (Å²) in [6.07, 6.45) is 3.77. The van der Waals surface area contributed by atoms with Gasteiger partial charge in [-0.05, 0) is 74.6 Å². The quantitative estimate of drug-likeness (QED) is 0.768. The number of aryl methyl sites for hydroxylation is 1. The van der Waals surface area contributed by atoms with Crippen molar-refractivity contribution in [3.8, 4) is 0 Å². The molecule has 0 atom stereocenters. The minimum Gasteiger partial charge on any atom is -0.312 e. The Bertz CT molecular complexity index is 1010. The van der Waals surface area contributed by atoms with Crippen LogP contribution >= 0.6 is 0 Å². The van der Waals surface area contributed by atoms with Gasteiger partial charge in [0.25, 0.3) is 10.0 Å². The van der Waals surface area contributed by atoms with Gasteiger partial charge in [-0.2, -0.15) is 0 Å². The number of hydrogen-bond donors (Lipinski definition) is 0. The van der Waals surface area contributed by atoms with E-state index in [0.717, 1.165) is 36.1 Å². The van der Waals surface area contributed by atoms with Gasteiger partial charge in [0, 0.05) is 24.7 Å². The molecule has 6 heteroatoms. The standard InChI is InChI=1S/C22H26N2O3S/c1-3-24(19-9-4-6-16(2)14-19)28(26,27)20-10-11-21-18(15-20)12-13-23(21)22(25)17-7-5-8-17/h4,6,9-11,14-15,17H,3,5,7-8,12-13H2,1-2H3. The van der Waals surface area contributed by atoms with Gasteiger partial charge in [-0.15, -0.1) is 0 Å². The molecule has 148 valence electrons. The van der Waals surface area contributed by atoms with E-state index in [1.165, 1.54) is 4.31 Å². The van der Waals surface area contributed by atoms with Crippen molar-refractivity contribution in [2.24, 2.45) is 5.92 Å². The maximum absolute atomic E-state index is 13.3. The molecule has 0 saturated heterocycles. The maximum Gasteiger partial charge on any atom is 0.264 e. The zero-order valence-corrected chi connectivity index (χ0v) is 17.2. The lowest BCUT2D eigenvalue weighted by Gasteiger charge is -2.29. The van der Waals surface area contributed by atoms with Crippen LogP contribution in [0.5, 0.6) is 0 Å². The monoisotopic (exact) mass is 398 g/mol. The number of benzene rings is 2. The molecule has 1 saturated carbocycles. The Morgan fingerprint density at radius 1 is 1.18 bits per heavy atom. The summed E-state index contributed by atoms with van der Waals surface area (Å²) >= 11 is 0. The van der Waals surface area contributed by atoms with Crippen LogP contribution < -0.4 is 9.21 Å². The first-order valence-corrected chi connectivity index (χ1v) is 11.4. The maximum atomic E-state index is 13.3. The lowest BCUT2D eigenvalue weighted by atomic mass is 9.84. The molecule has 0 N–H and O–H groups in total. The van der Waals surface area contributed by atoms with Crippen LogP contribution in [0.3, 0.4) is 0 Å². The second kappa shape index (κ2) is 7.24. The lowest BCUT2D eigenvalue weighted by Crippen LogP contribution is -2.37. The fourth-order valence-corrected chi connectivity index (χ4v) is 5.56. The van der Waals surface area contributed by atoms with Gasteiger partial charge in [-0.25, -0.2) is 8.42 Å². The number of carbonyl (C=O) groups excluding carboxylic acids is 1. The highest BCUT2D eigenvalue weighted by molar-refractivity contribution is 7.92. The third-order valence-electron chi connectivity index (χ3n) is 5.83. The molecule has 4 rings (SSSR count). The van der Waals surface area contributed by atoms with Crippen molar-refractivity contribution in [1.82, 2.24) is 0 Å². The highest BCUT2D eigenvalue weighted by Gasteiger charge is 2.34. The molecule has 1 amide bonds. The molecule has 5 nitrogen and oxygen atoms in total. The van der Waals surface area contributed by atoms with Gasteiger partial charge in [0.2, 0.25) is 5.91 Å². The zero-order valence-electron chi connectivity index (χ0n) is 16.4. The van der Waals surface area contributed by atoms with Crippen molar-refractivity contribution in [3.63, 3.8) is 0 Å². The first-order chi connectivity index (χ1) is 13.4. The Labute approximate surface area is 167 Å². The van der Waals surface area contributed by atoms with Crippen LogP contribution in [-0.2, 0) is 21.2 Å². The third kappa shape index (κ3) is 3.20. The van der Waals surface area contributed by atoms with Crippen LogP contribution in [0.25, 0.3) is 0 Å². The average Bonchev–Trinajstić information content (AvgIpc) is 3.04. The van der Waals surface area contributed by atoms with Crippen molar-refractivity contribution in [1.29, 1.82) is 0 Å². The van der Waals surface area contributed by atoms with E-state index >= 15 is 0 Å². The van der Waals surface area contributed by atoms with E-state index in [2.05, 4.69) is 0 Å². The molecule has 2 aromatic carbocycles. The SMILES string of the molecule is CCN(c1cccc(C)c1)S(=O)(=O)c1ccc2c(c1)CCN2C(=O)C1CCC1. The molecule has 1 aliphatic carbocycles. The summed E-state index contributed by atoms with van der Waals surface area (Å²) in [7, 11) is -3.66. The van der Waals surface area contributed by atoms with Gasteiger partial charge in [0.05, 0.1) is 10.6 Å². The number of amides is 1. The van der Waals surface area contributed by atoms with Crippen molar-refractivity contribution in [2.75, 3.05) is 22.3 Å². The molecule has 1 heterocycles. The molecule has 2 aliphatic rings. The summed E-state index contributed by atoms with van der Waals surface area (Å²) in [5.74, 6) is 0.335. The smallest absolute Gasteiger partial charge is 0.264 e. The number of carbonyl (C=O) groups is 1. The van der Waals surface area contributed by atoms with E-state index < -0.39 is 10.0 Å². The van der Waals surface area contributed by atoms with Gasteiger partial charge >= 0.3 is 0 Å². The van der Waals surface area contributed by atoms with E-state index in [1.807, 2.05) is 43.0 Å². The summed E-state index contributed by atoms with van der Waals surface area (Å²) in [4.78, 5) is 14.8. The minimum atomic E-state index is -3.66. The first kappa shape index (κ1) is 19.0. The van der Waals surface area contributed by atoms with Crippen LogP contribution in [0, 0.1) is 12.8 Å². The predicted octanol–water partition coefficient (Wildman–Crippen LogP) is 3.90. The number of fused-ring (bicyclic) bond motifs is 1. The van der Waals surface area contributed by atoms with Crippen LogP contribution in [-0.4, -0.2) is 27.4 Å². The van der Waals surface area contributed by atoms with E-state index in [0.29, 0.717) is 25.2 Å². The Balaban J connectivity index is 1.65. The second-order valence-corrected chi connectivity index (χ2v) is 9.53. The Kier molecular flexibility index (Phi) is 4.91. The van der Waals surface area contributed by atoms with Gasteiger partial charge in [0.1, 0.15) is 0 Å². The van der Waals surface area contributed by atoms with E-state index in [4.69, 9.17) is 0 Å². The zero-order chi connectivity index (χ0) is 19.9. The Morgan fingerprint density at radius 3 is 2.61 bits per heavy atom. The summed E-state index contributed by atoms with van der Waals surface area (Å²) in [6, 6.07) is 12.7. The Morgan fingerprint density at radius 2 is 1.96 bits per heavy atom. The predicted molar refractivity (Wildman–Crippen MR) is 111 cm³/mol. The molecule has 1 aliphatic heterocycles. The fraction of sp³-hybridized carbons (Fsp3) is 0.409. The Hall–Kier alpha value is -2.34. The first-order valence-electron chi connectivity index (χ1n) is 9.95. The normalized spacial score (nSPS) is 16.6. The topological polar surface area (TPSA) is 57.7 Å². The number of anilines is 2. The summed E-state index contributed by atoms with van der Waals surface area (Å²) < 4.78 is 28.0. The largest absolute Gasteiger partial charge is 0.312 e. The number of sulfonamides is 1. The van der Waals surface area contributed by atoms with Crippen molar-refractivity contribution < 1.29 is 13.2 Å². The average molecular weight is 399 g/mol. The van der Waals surface area contributed by atoms with Crippen LogP contribution in [0.1, 0.15) is 37.3 Å². The molecule has 1 fully saturated rings. The molecule has 0 aromatic heterocycles. The molecular formula is C22H26N2O3S. The highest BCUT2D eigenvalue weighted by Crippen LogP contribution is 2.36. The minimum absolute atomic E-state index is 0.145. The van der Waals surface area contributed by atoms with Crippen LogP contribution in [0.15, 0.2) is 47.4 Å². The van der Waals surface area contributed by atoms with Gasteiger partial charge in [-0.3, -0.25) is 9.10 Å². The lowest BCUT2D eigenvalue weighted by molar-refractivity contribution is -0.124. The van der Waals surface area contributed by atoms with Gasteiger partial charge < -0.3 is 4.90 Å². The highest BCUT2D eigenvalue weighted by atomic mass is 32.2. The molecular weight excluding hydrogens is 372 g/mol.